The minimum atomic E-state index is -4.65. The standard InChI is InChI=1S/C24H20F3N9O/c25-24(26,27)18-9-10-30-23(34-18)36-35-21(29)19-20(28)31-13-17(33-19)15-7-4-8-16(11-15)22(37)32-12-14-5-2-1-3-6-14/h1-11,13H,12H2,(H2,28,31)(H2,29,35)(H,32,37)(H,30,34,36). The zero-order valence-corrected chi connectivity index (χ0v) is 19.1. The van der Waals surface area contributed by atoms with Gasteiger partial charge in [-0.1, -0.05) is 42.5 Å². The zero-order chi connectivity index (χ0) is 26.4. The lowest BCUT2D eigenvalue weighted by atomic mass is 10.1. The van der Waals surface area contributed by atoms with Crippen molar-refractivity contribution in [3.8, 4) is 11.3 Å². The molecule has 1 amide bonds. The van der Waals surface area contributed by atoms with E-state index in [1.165, 1.54) is 6.20 Å². The summed E-state index contributed by atoms with van der Waals surface area (Å²) in [6.45, 7) is 0.366. The lowest BCUT2D eigenvalue weighted by Gasteiger charge is -2.09. The number of carbonyl (C=O) groups is 1. The maximum Gasteiger partial charge on any atom is 0.433 e. The number of amidine groups is 1. The predicted molar refractivity (Wildman–Crippen MR) is 131 cm³/mol. The van der Waals surface area contributed by atoms with Crippen molar-refractivity contribution in [1.82, 2.24) is 25.3 Å². The number of hydrogen-bond acceptors (Lipinski definition) is 8. The van der Waals surface area contributed by atoms with Crippen LogP contribution in [-0.2, 0) is 12.7 Å². The van der Waals surface area contributed by atoms with E-state index in [4.69, 9.17) is 11.5 Å². The van der Waals surface area contributed by atoms with Crippen LogP contribution in [0.25, 0.3) is 11.3 Å². The maximum absolute atomic E-state index is 12.9. The van der Waals surface area contributed by atoms with Crippen molar-refractivity contribution in [2.45, 2.75) is 12.7 Å². The number of amides is 1. The molecular weight excluding hydrogens is 487 g/mol. The number of anilines is 2. The quantitative estimate of drug-likeness (QED) is 0.169. The zero-order valence-electron chi connectivity index (χ0n) is 19.1. The molecule has 6 N–H and O–H groups in total. The van der Waals surface area contributed by atoms with E-state index in [1.807, 2.05) is 30.3 Å². The Morgan fingerprint density at radius 3 is 2.54 bits per heavy atom. The molecule has 0 aliphatic rings. The average Bonchev–Trinajstić information content (AvgIpc) is 2.91. The molecule has 0 saturated carbocycles. The second-order valence-corrected chi connectivity index (χ2v) is 7.61. The number of hydrogen-bond donors (Lipinski definition) is 4. The van der Waals surface area contributed by atoms with Gasteiger partial charge in [0.25, 0.3) is 5.91 Å². The fourth-order valence-electron chi connectivity index (χ4n) is 3.16. The van der Waals surface area contributed by atoms with Gasteiger partial charge in [-0.3, -0.25) is 4.79 Å². The number of aromatic nitrogens is 4. The van der Waals surface area contributed by atoms with Crippen LogP contribution in [0.1, 0.15) is 27.3 Å². The highest BCUT2D eigenvalue weighted by atomic mass is 19.4. The van der Waals surface area contributed by atoms with Crippen molar-refractivity contribution in [3.05, 3.63) is 95.6 Å². The molecule has 13 heteroatoms. The van der Waals surface area contributed by atoms with Crippen molar-refractivity contribution in [2.24, 2.45) is 10.8 Å². The molecule has 37 heavy (non-hydrogen) atoms. The molecule has 4 rings (SSSR count). The van der Waals surface area contributed by atoms with Gasteiger partial charge in [0.1, 0.15) is 11.4 Å². The van der Waals surface area contributed by atoms with Crippen molar-refractivity contribution in [1.29, 1.82) is 0 Å². The third kappa shape index (κ3) is 6.33. The normalized spacial score (nSPS) is 11.7. The van der Waals surface area contributed by atoms with Gasteiger partial charge >= 0.3 is 6.18 Å². The fraction of sp³-hybridized carbons (Fsp3) is 0.0833. The Morgan fingerprint density at radius 1 is 1.00 bits per heavy atom. The summed E-state index contributed by atoms with van der Waals surface area (Å²) >= 11 is 0. The molecule has 0 radical (unpaired) electrons. The number of nitrogens with zero attached hydrogens (tertiary/aromatic N) is 5. The Bertz CT molecular complexity index is 1440. The molecule has 0 atom stereocenters. The van der Waals surface area contributed by atoms with Gasteiger partial charge in [-0.05, 0) is 23.8 Å². The summed E-state index contributed by atoms with van der Waals surface area (Å²) < 4.78 is 38.6. The van der Waals surface area contributed by atoms with E-state index in [0.29, 0.717) is 23.4 Å². The van der Waals surface area contributed by atoms with E-state index >= 15 is 0 Å². The molecule has 2 aromatic carbocycles. The van der Waals surface area contributed by atoms with Crippen LogP contribution < -0.4 is 22.2 Å². The molecule has 10 nitrogen and oxygen atoms in total. The molecule has 0 aliphatic heterocycles. The molecule has 0 spiro atoms. The predicted octanol–water partition coefficient (Wildman–Crippen LogP) is 3.20. The highest BCUT2D eigenvalue weighted by molar-refractivity contribution is 6.00. The van der Waals surface area contributed by atoms with Crippen molar-refractivity contribution >= 4 is 23.5 Å². The summed E-state index contributed by atoms with van der Waals surface area (Å²) in [7, 11) is 0. The van der Waals surface area contributed by atoms with Gasteiger partial charge in [0.05, 0.1) is 11.9 Å². The molecule has 0 unspecified atom stereocenters. The van der Waals surface area contributed by atoms with E-state index in [1.54, 1.807) is 24.3 Å². The summed E-state index contributed by atoms with van der Waals surface area (Å²) in [6, 6.07) is 16.9. The Balaban J connectivity index is 1.52. The minimum absolute atomic E-state index is 0.0177. The van der Waals surface area contributed by atoms with Crippen LogP contribution in [0.5, 0.6) is 0 Å². The molecule has 2 aromatic heterocycles. The molecule has 0 aliphatic carbocycles. The number of rotatable bonds is 7. The van der Waals surface area contributed by atoms with E-state index in [2.05, 4.69) is 35.8 Å². The second kappa shape index (κ2) is 10.7. The van der Waals surface area contributed by atoms with Crippen LogP contribution in [0.4, 0.5) is 24.9 Å². The number of halogens is 3. The Morgan fingerprint density at radius 2 is 1.78 bits per heavy atom. The first-order valence-corrected chi connectivity index (χ1v) is 10.8. The number of hydrazone groups is 1. The van der Waals surface area contributed by atoms with Gasteiger partial charge in [-0.2, -0.15) is 18.3 Å². The summed E-state index contributed by atoms with van der Waals surface area (Å²) in [4.78, 5) is 28.1. The fourth-order valence-corrected chi connectivity index (χ4v) is 3.16. The van der Waals surface area contributed by atoms with Crippen LogP contribution in [-0.4, -0.2) is 31.7 Å². The smallest absolute Gasteiger partial charge is 0.382 e. The third-order valence-electron chi connectivity index (χ3n) is 4.98. The lowest BCUT2D eigenvalue weighted by molar-refractivity contribution is -0.141. The van der Waals surface area contributed by atoms with E-state index in [9.17, 15) is 18.0 Å². The first-order chi connectivity index (χ1) is 17.7. The highest BCUT2D eigenvalue weighted by Crippen LogP contribution is 2.27. The number of nitrogen functional groups attached to an aromatic ring is 1. The monoisotopic (exact) mass is 507 g/mol. The Kier molecular flexibility index (Phi) is 7.23. The second-order valence-electron chi connectivity index (χ2n) is 7.61. The number of nitrogens with two attached hydrogens (primary N) is 2. The first kappa shape index (κ1) is 25.0. The molecule has 0 fully saturated rings. The highest BCUT2D eigenvalue weighted by Gasteiger charge is 2.32. The SMILES string of the molecule is NC(=NNc1nccc(C(F)(F)F)n1)c1nc(-c2cccc(C(=O)NCc3ccccc3)c2)cnc1N. The molecule has 188 valence electrons. The van der Waals surface area contributed by atoms with Gasteiger partial charge in [0, 0.05) is 23.9 Å². The topological polar surface area (TPSA) is 157 Å². The number of nitrogens with one attached hydrogen (secondary N) is 2. The van der Waals surface area contributed by atoms with Crippen molar-refractivity contribution < 1.29 is 18.0 Å². The number of alkyl halides is 3. The Labute approximate surface area is 208 Å². The summed E-state index contributed by atoms with van der Waals surface area (Å²) in [5.74, 6) is -1.02. The van der Waals surface area contributed by atoms with E-state index < -0.39 is 17.8 Å². The average molecular weight is 507 g/mol. The van der Waals surface area contributed by atoms with Crippen LogP contribution >= 0.6 is 0 Å². The molecule has 0 saturated heterocycles. The minimum Gasteiger partial charge on any atom is -0.382 e. The van der Waals surface area contributed by atoms with Gasteiger partial charge < -0.3 is 16.8 Å². The molecule has 0 bridgehead atoms. The summed E-state index contributed by atoms with van der Waals surface area (Å²) in [6.07, 6.45) is -2.32. The number of benzene rings is 2. The first-order valence-electron chi connectivity index (χ1n) is 10.8. The van der Waals surface area contributed by atoms with Crippen LogP contribution in [0, 0.1) is 0 Å². The Hall–Kier alpha value is -5.07. The van der Waals surface area contributed by atoms with Gasteiger partial charge in [-0.25, -0.2) is 25.4 Å². The largest absolute Gasteiger partial charge is 0.433 e. The van der Waals surface area contributed by atoms with E-state index in [0.717, 1.165) is 17.8 Å². The summed E-state index contributed by atoms with van der Waals surface area (Å²) in [5, 5.41) is 6.64. The maximum atomic E-state index is 12.9. The summed E-state index contributed by atoms with van der Waals surface area (Å²) in [5.41, 5.74) is 15.2. The lowest BCUT2D eigenvalue weighted by Crippen LogP contribution is -2.22. The van der Waals surface area contributed by atoms with Crippen LogP contribution in [0.3, 0.4) is 0 Å². The molecular formula is C24H20F3N9O. The van der Waals surface area contributed by atoms with Crippen molar-refractivity contribution in [3.63, 3.8) is 0 Å². The van der Waals surface area contributed by atoms with Gasteiger partial charge in [0.15, 0.2) is 11.7 Å². The van der Waals surface area contributed by atoms with E-state index in [-0.39, 0.29) is 23.3 Å². The van der Waals surface area contributed by atoms with Crippen LogP contribution in [0.15, 0.2) is 78.2 Å². The van der Waals surface area contributed by atoms with Crippen molar-refractivity contribution in [2.75, 3.05) is 11.2 Å². The molecule has 4 aromatic rings. The van der Waals surface area contributed by atoms with Gasteiger partial charge in [0.2, 0.25) is 5.95 Å². The molecule has 2 heterocycles. The van der Waals surface area contributed by atoms with Gasteiger partial charge in [-0.15, -0.1) is 0 Å². The van der Waals surface area contributed by atoms with Crippen LogP contribution in [0.2, 0.25) is 0 Å². The third-order valence-corrected chi connectivity index (χ3v) is 4.98. The number of carbonyl (C=O) groups excluding carboxylic acids is 1.